The normalized spacial score (nSPS) is 16.5. The van der Waals surface area contributed by atoms with E-state index in [1.54, 1.807) is 23.1 Å². The van der Waals surface area contributed by atoms with Gasteiger partial charge < -0.3 is 10.8 Å². The van der Waals surface area contributed by atoms with Gasteiger partial charge in [-0.1, -0.05) is 13.3 Å². The first-order chi connectivity index (χ1) is 10.7. The summed E-state index contributed by atoms with van der Waals surface area (Å²) in [5.41, 5.74) is 7.65. The van der Waals surface area contributed by atoms with Crippen molar-refractivity contribution in [3.8, 4) is 0 Å². The standard InChI is InChI=1S/C16H23N3OS2/c1-10(7-20)8-21-9-13-18-15(17)14-11-5-3-2-4-6-12(11)22-16(14)19-13/h10,20H,2-9H2,1H3,(H2,17,18,19). The number of nitrogens with two attached hydrogens (primary N) is 1. The fraction of sp³-hybridized carbons (Fsp3) is 0.625. The number of hydrogen-bond acceptors (Lipinski definition) is 6. The highest BCUT2D eigenvalue weighted by Gasteiger charge is 2.19. The van der Waals surface area contributed by atoms with Gasteiger partial charge in [0.15, 0.2) is 0 Å². The van der Waals surface area contributed by atoms with Crippen molar-refractivity contribution < 1.29 is 5.11 Å². The average Bonchev–Trinajstić information content (AvgIpc) is 2.69. The third-order valence-electron chi connectivity index (χ3n) is 4.08. The minimum Gasteiger partial charge on any atom is -0.396 e. The van der Waals surface area contributed by atoms with Gasteiger partial charge in [-0.2, -0.15) is 11.8 Å². The molecule has 0 fully saturated rings. The van der Waals surface area contributed by atoms with Crippen molar-refractivity contribution in [1.29, 1.82) is 0 Å². The van der Waals surface area contributed by atoms with Crippen LogP contribution in [0.25, 0.3) is 10.2 Å². The smallest absolute Gasteiger partial charge is 0.142 e. The highest BCUT2D eigenvalue weighted by atomic mass is 32.2. The van der Waals surface area contributed by atoms with Gasteiger partial charge in [-0.3, -0.25) is 0 Å². The summed E-state index contributed by atoms with van der Waals surface area (Å²) in [5, 5.41) is 10.2. The molecule has 1 aliphatic rings. The maximum atomic E-state index is 9.07. The molecule has 0 saturated carbocycles. The summed E-state index contributed by atoms with van der Waals surface area (Å²) in [6.07, 6.45) is 6.10. The van der Waals surface area contributed by atoms with Crippen molar-refractivity contribution in [3.05, 3.63) is 16.3 Å². The van der Waals surface area contributed by atoms with Crippen LogP contribution in [0.3, 0.4) is 0 Å². The number of aryl methyl sites for hydroxylation is 2. The van der Waals surface area contributed by atoms with Crippen molar-refractivity contribution in [1.82, 2.24) is 9.97 Å². The van der Waals surface area contributed by atoms with Crippen LogP contribution in [0.15, 0.2) is 0 Å². The third-order valence-corrected chi connectivity index (χ3v) is 6.54. The molecule has 6 heteroatoms. The van der Waals surface area contributed by atoms with Crippen LogP contribution in [0.5, 0.6) is 0 Å². The van der Waals surface area contributed by atoms with Crippen molar-refractivity contribution in [2.75, 3.05) is 18.1 Å². The van der Waals surface area contributed by atoms with E-state index in [1.165, 1.54) is 29.7 Å². The van der Waals surface area contributed by atoms with Gasteiger partial charge in [0.2, 0.25) is 0 Å². The van der Waals surface area contributed by atoms with E-state index in [4.69, 9.17) is 15.8 Å². The van der Waals surface area contributed by atoms with Crippen LogP contribution >= 0.6 is 23.1 Å². The molecule has 0 saturated heterocycles. The maximum Gasteiger partial charge on any atom is 0.142 e. The lowest BCUT2D eigenvalue weighted by molar-refractivity contribution is 0.250. The average molecular weight is 338 g/mol. The number of anilines is 1. The molecule has 0 aliphatic heterocycles. The number of aliphatic hydroxyl groups excluding tert-OH is 1. The fourth-order valence-corrected chi connectivity index (χ4v) is 5.10. The second-order valence-electron chi connectivity index (χ2n) is 6.07. The highest BCUT2D eigenvalue weighted by Crippen LogP contribution is 2.37. The number of fused-ring (bicyclic) bond motifs is 3. The Morgan fingerprint density at radius 2 is 2.09 bits per heavy atom. The molecule has 1 atom stereocenters. The number of hydrogen-bond donors (Lipinski definition) is 2. The van der Waals surface area contributed by atoms with Crippen LogP contribution in [0, 0.1) is 5.92 Å². The van der Waals surface area contributed by atoms with Gasteiger partial charge >= 0.3 is 0 Å². The van der Waals surface area contributed by atoms with Crippen LogP contribution in [-0.2, 0) is 18.6 Å². The number of nitrogens with zero attached hydrogens (tertiary/aromatic N) is 2. The van der Waals surface area contributed by atoms with Gasteiger partial charge in [-0.15, -0.1) is 11.3 Å². The van der Waals surface area contributed by atoms with E-state index in [1.807, 2.05) is 6.92 Å². The zero-order chi connectivity index (χ0) is 15.5. The zero-order valence-corrected chi connectivity index (χ0v) is 14.6. The first kappa shape index (κ1) is 16.0. The molecule has 1 aliphatic carbocycles. The summed E-state index contributed by atoms with van der Waals surface area (Å²) in [6.45, 7) is 2.27. The Balaban J connectivity index is 1.83. The first-order valence-corrected chi connectivity index (χ1v) is 9.91. The summed E-state index contributed by atoms with van der Waals surface area (Å²) >= 11 is 3.56. The molecule has 0 amide bonds. The Bertz CT molecular complexity index is 656. The molecular formula is C16H23N3OS2. The van der Waals surface area contributed by atoms with Crippen molar-refractivity contribution in [2.45, 2.75) is 44.8 Å². The molecule has 120 valence electrons. The molecule has 0 aromatic carbocycles. The highest BCUT2D eigenvalue weighted by molar-refractivity contribution is 7.98. The van der Waals surface area contributed by atoms with Gasteiger partial charge in [0.05, 0.1) is 11.1 Å². The predicted molar refractivity (Wildman–Crippen MR) is 95.5 cm³/mol. The van der Waals surface area contributed by atoms with E-state index in [-0.39, 0.29) is 6.61 Å². The molecule has 4 nitrogen and oxygen atoms in total. The molecular weight excluding hydrogens is 314 g/mol. The maximum absolute atomic E-state index is 9.07. The van der Waals surface area contributed by atoms with E-state index in [2.05, 4.69) is 4.98 Å². The Labute approximate surface area is 139 Å². The second kappa shape index (κ2) is 7.15. The number of thioether (sulfide) groups is 1. The Kier molecular flexibility index (Phi) is 5.21. The summed E-state index contributed by atoms with van der Waals surface area (Å²) < 4.78 is 0. The zero-order valence-electron chi connectivity index (χ0n) is 13.0. The minimum atomic E-state index is 0.229. The monoisotopic (exact) mass is 337 g/mol. The molecule has 1 unspecified atom stereocenters. The summed E-state index contributed by atoms with van der Waals surface area (Å²) in [5.74, 6) is 3.45. The van der Waals surface area contributed by atoms with Crippen LogP contribution in [0.2, 0.25) is 0 Å². The number of aliphatic hydroxyl groups is 1. The first-order valence-electron chi connectivity index (χ1n) is 7.94. The topological polar surface area (TPSA) is 72.0 Å². The number of aromatic nitrogens is 2. The predicted octanol–water partition coefficient (Wildman–Crippen LogP) is 3.40. The molecule has 22 heavy (non-hydrogen) atoms. The van der Waals surface area contributed by atoms with Gasteiger partial charge in [0, 0.05) is 11.5 Å². The van der Waals surface area contributed by atoms with Crippen LogP contribution in [-0.4, -0.2) is 27.4 Å². The molecule has 0 radical (unpaired) electrons. The van der Waals surface area contributed by atoms with E-state index in [0.29, 0.717) is 11.7 Å². The molecule has 2 aromatic heterocycles. The van der Waals surface area contributed by atoms with Crippen LogP contribution in [0.1, 0.15) is 42.5 Å². The largest absolute Gasteiger partial charge is 0.396 e. The quantitative estimate of drug-likeness (QED) is 0.818. The van der Waals surface area contributed by atoms with Crippen molar-refractivity contribution in [2.24, 2.45) is 5.92 Å². The lowest BCUT2D eigenvalue weighted by atomic mass is 10.1. The Hall–Kier alpha value is -0.850. The number of rotatable bonds is 5. The molecule has 3 rings (SSSR count). The summed E-state index contributed by atoms with van der Waals surface area (Å²) in [4.78, 5) is 11.8. The molecule has 3 N–H and O–H groups in total. The molecule has 2 aromatic rings. The van der Waals surface area contributed by atoms with Crippen LogP contribution < -0.4 is 5.73 Å². The van der Waals surface area contributed by atoms with Gasteiger partial charge in [-0.05, 0) is 42.9 Å². The van der Waals surface area contributed by atoms with Gasteiger partial charge in [-0.25, -0.2) is 9.97 Å². The van der Waals surface area contributed by atoms with Crippen molar-refractivity contribution >= 4 is 39.1 Å². The summed E-state index contributed by atoms with van der Waals surface area (Å²) in [7, 11) is 0. The van der Waals surface area contributed by atoms with Gasteiger partial charge in [0.1, 0.15) is 16.5 Å². The Morgan fingerprint density at radius 1 is 1.27 bits per heavy atom. The lowest BCUT2D eigenvalue weighted by Gasteiger charge is -2.07. The van der Waals surface area contributed by atoms with Gasteiger partial charge in [0.25, 0.3) is 0 Å². The van der Waals surface area contributed by atoms with E-state index >= 15 is 0 Å². The SMILES string of the molecule is CC(CO)CSCc1nc(N)c2c3c(sc2n1)CCCCC3. The van der Waals surface area contributed by atoms with E-state index < -0.39 is 0 Å². The molecule has 0 spiro atoms. The third kappa shape index (κ3) is 3.39. The summed E-state index contributed by atoms with van der Waals surface area (Å²) in [6, 6.07) is 0. The van der Waals surface area contributed by atoms with E-state index in [0.717, 1.165) is 40.4 Å². The molecule has 0 bridgehead atoms. The fourth-order valence-electron chi connectivity index (χ4n) is 2.88. The second-order valence-corrected chi connectivity index (χ2v) is 8.19. The lowest BCUT2D eigenvalue weighted by Crippen LogP contribution is -2.05. The van der Waals surface area contributed by atoms with Crippen LogP contribution in [0.4, 0.5) is 5.82 Å². The van der Waals surface area contributed by atoms with E-state index in [9.17, 15) is 0 Å². The van der Waals surface area contributed by atoms with Crippen molar-refractivity contribution in [3.63, 3.8) is 0 Å². The minimum absolute atomic E-state index is 0.229. The molecule has 2 heterocycles. The number of nitrogen functional groups attached to an aromatic ring is 1. The number of thiophene rings is 1. The Morgan fingerprint density at radius 3 is 2.91 bits per heavy atom.